The number of benzene rings is 1. The molecule has 0 radical (unpaired) electrons. The quantitative estimate of drug-likeness (QED) is 0.585. The van der Waals surface area contributed by atoms with Gasteiger partial charge in [0.2, 0.25) is 0 Å². The number of hydrogen-bond acceptors (Lipinski definition) is 5. The Morgan fingerprint density at radius 2 is 1.84 bits per heavy atom. The fourth-order valence-electron chi connectivity index (χ4n) is 2.36. The maximum atomic E-state index is 10.2. The second-order valence-corrected chi connectivity index (χ2v) is 6.43. The Kier molecular flexibility index (Phi) is 9.82. The standard InChI is InChI=1S/C18H25N3O2.2ClH/c1-18(2,10-9-13-5-3-4-6-15(13)22)21-12-16(23)14-7-8-17(19)20-11-14;;/h3-8,11,16,21-23H,9-10,12H2,1-2H3,(H2,19,20);2*1H. The van der Waals surface area contributed by atoms with Gasteiger partial charge in [0.05, 0.1) is 6.10 Å². The van der Waals surface area contributed by atoms with E-state index in [2.05, 4.69) is 24.1 Å². The largest absolute Gasteiger partial charge is 0.508 e. The van der Waals surface area contributed by atoms with Gasteiger partial charge in [0.15, 0.2) is 0 Å². The number of nitrogens with one attached hydrogen (secondary N) is 1. The van der Waals surface area contributed by atoms with E-state index in [1.807, 2.05) is 18.2 Å². The van der Waals surface area contributed by atoms with Gasteiger partial charge in [-0.1, -0.05) is 24.3 Å². The summed E-state index contributed by atoms with van der Waals surface area (Å²) < 4.78 is 0. The molecule has 0 bridgehead atoms. The number of aliphatic hydroxyl groups excluding tert-OH is 1. The number of aromatic hydroxyl groups is 1. The van der Waals surface area contributed by atoms with E-state index in [9.17, 15) is 10.2 Å². The van der Waals surface area contributed by atoms with Crippen LogP contribution in [-0.4, -0.2) is 27.3 Å². The highest BCUT2D eigenvalue weighted by Crippen LogP contribution is 2.21. The van der Waals surface area contributed by atoms with Crippen LogP contribution in [0, 0.1) is 0 Å². The second kappa shape index (κ2) is 10.5. The van der Waals surface area contributed by atoms with Crippen LogP contribution in [0.3, 0.4) is 0 Å². The third kappa shape index (κ3) is 7.48. The summed E-state index contributed by atoms with van der Waals surface area (Å²) in [6, 6.07) is 10.8. The van der Waals surface area contributed by atoms with Gasteiger partial charge < -0.3 is 21.3 Å². The molecule has 1 aromatic heterocycles. The molecule has 0 saturated carbocycles. The number of halogens is 2. The van der Waals surface area contributed by atoms with Gasteiger partial charge in [0, 0.05) is 23.8 Å². The van der Waals surface area contributed by atoms with E-state index in [-0.39, 0.29) is 30.4 Å². The number of nitrogens with two attached hydrogens (primary N) is 1. The average molecular weight is 388 g/mol. The minimum atomic E-state index is -0.632. The Morgan fingerprint density at radius 3 is 2.44 bits per heavy atom. The van der Waals surface area contributed by atoms with E-state index < -0.39 is 6.10 Å². The topological polar surface area (TPSA) is 91.4 Å². The lowest BCUT2D eigenvalue weighted by Gasteiger charge is -2.28. The first kappa shape index (κ1) is 23.5. The Hall–Kier alpha value is -1.53. The number of aliphatic hydroxyl groups is 1. The van der Waals surface area contributed by atoms with Crippen LogP contribution < -0.4 is 11.1 Å². The van der Waals surface area contributed by atoms with Crippen LogP contribution in [-0.2, 0) is 6.42 Å². The van der Waals surface area contributed by atoms with E-state index >= 15 is 0 Å². The zero-order chi connectivity index (χ0) is 16.9. The molecule has 0 aliphatic carbocycles. The first-order valence-electron chi connectivity index (χ1n) is 7.79. The van der Waals surface area contributed by atoms with Gasteiger partial charge in [-0.3, -0.25) is 0 Å². The maximum Gasteiger partial charge on any atom is 0.123 e. The van der Waals surface area contributed by atoms with Crippen molar-refractivity contribution in [3.8, 4) is 5.75 Å². The van der Waals surface area contributed by atoms with Crippen LogP contribution in [0.4, 0.5) is 5.82 Å². The third-order valence-electron chi connectivity index (χ3n) is 3.98. The number of hydrogen-bond donors (Lipinski definition) is 4. The van der Waals surface area contributed by atoms with Gasteiger partial charge in [-0.05, 0) is 44.4 Å². The Morgan fingerprint density at radius 1 is 1.16 bits per heavy atom. The van der Waals surface area contributed by atoms with Crippen molar-refractivity contribution in [2.45, 2.75) is 38.3 Å². The molecule has 0 aliphatic heterocycles. The number of aromatic nitrogens is 1. The summed E-state index contributed by atoms with van der Waals surface area (Å²) in [4.78, 5) is 3.99. The summed E-state index contributed by atoms with van der Waals surface area (Å²) in [5.74, 6) is 0.771. The zero-order valence-corrected chi connectivity index (χ0v) is 16.1. The first-order chi connectivity index (χ1) is 10.9. The van der Waals surface area contributed by atoms with Crippen LogP contribution in [0.1, 0.15) is 37.5 Å². The molecule has 2 aromatic rings. The lowest BCUT2D eigenvalue weighted by Crippen LogP contribution is -2.42. The number of rotatable bonds is 7. The lowest BCUT2D eigenvalue weighted by atomic mass is 9.94. The normalized spacial score (nSPS) is 12.0. The lowest BCUT2D eigenvalue weighted by molar-refractivity contribution is 0.159. The van der Waals surface area contributed by atoms with Crippen molar-refractivity contribution in [2.24, 2.45) is 0 Å². The minimum absolute atomic E-state index is 0. The predicted molar refractivity (Wildman–Crippen MR) is 107 cm³/mol. The van der Waals surface area contributed by atoms with Crippen molar-refractivity contribution < 1.29 is 10.2 Å². The molecule has 1 unspecified atom stereocenters. The van der Waals surface area contributed by atoms with Crippen molar-refractivity contribution in [3.63, 3.8) is 0 Å². The van der Waals surface area contributed by atoms with Crippen molar-refractivity contribution in [1.29, 1.82) is 0 Å². The summed E-state index contributed by atoms with van der Waals surface area (Å²) in [7, 11) is 0. The molecule has 1 aromatic carbocycles. The molecule has 0 saturated heterocycles. The minimum Gasteiger partial charge on any atom is -0.508 e. The van der Waals surface area contributed by atoms with Gasteiger partial charge in [-0.15, -0.1) is 24.8 Å². The molecule has 0 amide bonds. The Labute approximate surface area is 161 Å². The molecule has 2 rings (SSSR count). The van der Waals surface area contributed by atoms with E-state index in [1.165, 1.54) is 0 Å². The number of para-hydroxylation sites is 1. The van der Waals surface area contributed by atoms with Crippen LogP contribution in [0.15, 0.2) is 42.6 Å². The smallest absolute Gasteiger partial charge is 0.123 e. The molecule has 1 heterocycles. The van der Waals surface area contributed by atoms with Gasteiger partial charge >= 0.3 is 0 Å². The molecule has 0 aliphatic rings. The van der Waals surface area contributed by atoms with Crippen molar-refractivity contribution in [1.82, 2.24) is 10.3 Å². The maximum absolute atomic E-state index is 10.2. The van der Waals surface area contributed by atoms with Crippen LogP contribution in [0.2, 0.25) is 0 Å². The van der Waals surface area contributed by atoms with Crippen LogP contribution in [0.25, 0.3) is 0 Å². The van der Waals surface area contributed by atoms with Gasteiger partial charge in [-0.2, -0.15) is 0 Å². The number of aryl methyl sites for hydroxylation is 1. The van der Waals surface area contributed by atoms with E-state index in [0.29, 0.717) is 18.1 Å². The van der Waals surface area contributed by atoms with Crippen LogP contribution >= 0.6 is 24.8 Å². The summed E-state index contributed by atoms with van der Waals surface area (Å²) in [6.45, 7) is 4.60. The molecule has 7 heteroatoms. The average Bonchev–Trinajstić information content (AvgIpc) is 2.53. The molecule has 0 fully saturated rings. The molecule has 25 heavy (non-hydrogen) atoms. The number of pyridine rings is 1. The molecule has 0 spiro atoms. The predicted octanol–water partition coefficient (Wildman–Crippen LogP) is 3.25. The Balaban J connectivity index is 0.00000288. The third-order valence-corrected chi connectivity index (χ3v) is 3.98. The first-order valence-corrected chi connectivity index (χ1v) is 7.79. The molecular formula is C18H27Cl2N3O2. The number of phenolic OH excluding ortho intramolecular Hbond substituents is 1. The number of anilines is 1. The van der Waals surface area contributed by atoms with Gasteiger partial charge in [0.1, 0.15) is 11.6 Å². The molecule has 5 nitrogen and oxygen atoms in total. The van der Waals surface area contributed by atoms with E-state index in [1.54, 1.807) is 24.4 Å². The fraction of sp³-hybridized carbons (Fsp3) is 0.389. The zero-order valence-electron chi connectivity index (χ0n) is 14.5. The van der Waals surface area contributed by atoms with Crippen molar-refractivity contribution >= 4 is 30.6 Å². The number of nitrogen functional groups attached to an aromatic ring is 1. The summed E-state index contributed by atoms with van der Waals surface area (Å²) >= 11 is 0. The van der Waals surface area contributed by atoms with Crippen LogP contribution in [0.5, 0.6) is 5.75 Å². The number of β-amino-alcohol motifs (C(OH)–C–C–N with tert-alkyl or cyclic N) is 1. The molecule has 1 atom stereocenters. The highest BCUT2D eigenvalue weighted by atomic mass is 35.5. The molecular weight excluding hydrogens is 361 g/mol. The summed E-state index contributed by atoms with van der Waals surface area (Å²) in [6.07, 6.45) is 2.58. The number of nitrogens with zero attached hydrogens (tertiary/aromatic N) is 1. The SMILES string of the molecule is CC(C)(CCc1ccccc1O)NCC(O)c1ccc(N)nc1.Cl.Cl. The van der Waals surface area contributed by atoms with Crippen molar-refractivity contribution in [3.05, 3.63) is 53.7 Å². The van der Waals surface area contributed by atoms with Gasteiger partial charge in [0.25, 0.3) is 0 Å². The summed E-state index contributed by atoms with van der Waals surface area (Å²) in [5, 5.41) is 23.4. The molecule has 140 valence electrons. The van der Waals surface area contributed by atoms with E-state index in [4.69, 9.17) is 5.73 Å². The van der Waals surface area contributed by atoms with Gasteiger partial charge in [-0.25, -0.2) is 4.98 Å². The fourth-order valence-corrected chi connectivity index (χ4v) is 2.36. The number of phenols is 1. The monoisotopic (exact) mass is 387 g/mol. The van der Waals surface area contributed by atoms with E-state index in [0.717, 1.165) is 24.0 Å². The highest BCUT2D eigenvalue weighted by Gasteiger charge is 2.19. The summed E-state index contributed by atoms with van der Waals surface area (Å²) in [5.41, 5.74) is 7.06. The molecule has 5 N–H and O–H groups in total. The Bertz CT molecular complexity index is 636. The highest BCUT2D eigenvalue weighted by molar-refractivity contribution is 5.85. The van der Waals surface area contributed by atoms with Crippen molar-refractivity contribution in [2.75, 3.05) is 12.3 Å². The second-order valence-electron chi connectivity index (χ2n) is 6.43.